The van der Waals surface area contributed by atoms with Gasteiger partial charge in [0.05, 0.1) is 0 Å². The van der Waals surface area contributed by atoms with E-state index in [9.17, 15) is 0 Å². The summed E-state index contributed by atoms with van der Waals surface area (Å²) in [6.45, 7) is 1.88. The summed E-state index contributed by atoms with van der Waals surface area (Å²) < 4.78 is 2.93. The molecule has 0 saturated carbocycles. The van der Waals surface area contributed by atoms with Crippen LogP contribution in [0, 0.1) is 0 Å². The summed E-state index contributed by atoms with van der Waals surface area (Å²) in [6.07, 6.45) is 1.73. The first kappa shape index (κ1) is 10.0. The molecule has 1 unspecified atom stereocenters. The van der Waals surface area contributed by atoms with Crippen molar-refractivity contribution in [2.24, 2.45) is 0 Å². The molecule has 0 bridgehead atoms. The number of hydrogen-bond donors (Lipinski definition) is 1. The molecule has 0 spiro atoms. The molecule has 0 aliphatic rings. The fourth-order valence-corrected chi connectivity index (χ4v) is 1.77. The Morgan fingerprint density at radius 2 is 2.42 bits per heavy atom. The number of rotatable bonds is 3. The van der Waals surface area contributed by atoms with E-state index in [4.69, 9.17) is 11.6 Å². The van der Waals surface area contributed by atoms with Crippen LogP contribution in [0.5, 0.6) is 0 Å². The van der Waals surface area contributed by atoms with Crippen molar-refractivity contribution in [1.82, 2.24) is 8.62 Å². The fraction of sp³-hybridized carbons (Fsp3) is 0.286. The summed E-state index contributed by atoms with van der Waals surface area (Å²) in [4.78, 5) is 4.15. The van der Waals surface area contributed by atoms with E-state index < -0.39 is 0 Å². The fourth-order valence-electron chi connectivity index (χ4n) is 0.789. The zero-order chi connectivity index (χ0) is 8.97. The van der Waals surface area contributed by atoms with Gasteiger partial charge in [-0.25, -0.2) is 4.98 Å². The third-order valence-electron chi connectivity index (χ3n) is 1.34. The molecule has 1 aromatic heterocycles. The number of nitrogens with one attached hydrogen (secondary N) is 1. The van der Waals surface area contributed by atoms with Crippen LogP contribution >= 0.6 is 34.5 Å². The molecule has 66 valence electrons. The van der Waals surface area contributed by atoms with Crippen LogP contribution in [-0.4, -0.2) is 10.5 Å². The maximum atomic E-state index is 5.90. The summed E-state index contributed by atoms with van der Waals surface area (Å²) in [7, 11) is 0. The van der Waals surface area contributed by atoms with Gasteiger partial charge in [0.1, 0.15) is 11.3 Å². The SMILES string of the molecule is CC(Cl)N(NI)c1ccccn1. The van der Waals surface area contributed by atoms with E-state index in [-0.39, 0.29) is 5.50 Å². The van der Waals surface area contributed by atoms with Gasteiger partial charge in [-0.2, -0.15) is 3.64 Å². The maximum Gasteiger partial charge on any atom is 0.144 e. The third kappa shape index (κ3) is 2.46. The van der Waals surface area contributed by atoms with E-state index in [0.29, 0.717) is 0 Å². The number of hydrogen-bond acceptors (Lipinski definition) is 3. The summed E-state index contributed by atoms with van der Waals surface area (Å²) >= 11 is 7.92. The molecule has 0 aromatic carbocycles. The van der Waals surface area contributed by atoms with Gasteiger partial charge >= 0.3 is 0 Å². The Morgan fingerprint density at radius 1 is 1.67 bits per heavy atom. The molecule has 1 atom stereocenters. The lowest BCUT2D eigenvalue weighted by atomic mass is 10.4. The lowest BCUT2D eigenvalue weighted by Gasteiger charge is -2.22. The molecule has 1 rings (SSSR count). The molecule has 12 heavy (non-hydrogen) atoms. The number of aromatic nitrogens is 1. The van der Waals surface area contributed by atoms with Crippen LogP contribution in [0.15, 0.2) is 24.4 Å². The number of alkyl halides is 1. The Balaban J connectivity index is 2.80. The van der Waals surface area contributed by atoms with E-state index in [1.807, 2.05) is 48.0 Å². The molecule has 0 aliphatic heterocycles. The van der Waals surface area contributed by atoms with Crippen molar-refractivity contribution in [2.45, 2.75) is 12.4 Å². The Hall–Kier alpha value is -0.0700. The van der Waals surface area contributed by atoms with Crippen molar-refractivity contribution in [3.8, 4) is 0 Å². The van der Waals surface area contributed by atoms with Crippen LogP contribution in [0.3, 0.4) is 0 Å². The van der Waals surface area contributed by atoms with Gasteiger partial charge in [0.2, 0.25) is 0 Å². The van der Waals surface area contributed by atoms with Crippen molar-refractivity contribution < 1.29 is 0 Å². The normalized spacial score (nSPS) is 12.6. The number of anilines is 1. The highest BCUT2D eigenvalue weighted by molar-refractivity contribution is 14.1. The summed E-state index contributed by atoms with van der Waals surface area (Å²) in [5.74, 6) is 0.814. The first-order chi connectivity index (χ1) is 5.75. The van der Waals surface area contributed by atoms with Gasteiger partial charge in [-0.3, -0.25) is 5.01 Å². The van der Waals surface area contributed by atoms with Crippen molar-refractivity contribution in [3.63, 3.8) is 0 Å². The highest BCUT2D eigenvalue weighted by Gasteiger charge is 2.10. The average molecular weight is 298 g/mol. The largest absolute Gasteiger partial charge is 0.265 e. The average Bonchev–Trinajstić information content (AvgIpc) is 2.07. The van der Waals surface area contributed by atoms with E-state index in [0.717, 1.165) is 5.82 Å². The highest BCUT2D eigenvalue weighted by atomic mass is 127. The Morgan fingerprint density at radius 3 is 2.83 bits per heavy atom. The lowest BCUT2D eigenvalue weighted by molar-refractivity contribution is 0.784. The molecule has 0 aliphatic carbocycles. The minimum absolute atomic E-state index is 0.128. The standard InChI is InChI=1S/C7H9ClIN3/c1-6(8)12(11-9)7-4-2-3-5-10-7/h2-6,11H,1H3. The van der Waals surface area contributed by atoms with Crippen LogP contribution in [-0.2, 0) is 0 Å². The van der Waals surface area contributed by atoms with Crippen LogP contribution in [0.1, 0.15) is 6.92 Å². The summed E-state index contributed by atoms with van der Waals surface area (Å²) in [6, 6.07) is 5.68. The molecule has 0 saturated heterocycles. The molecule has 0 fully saturated rings. The van der Waals surface area contributed by atoms with Crippen molar-refractivity contribution in [3.05, 3.63) is 24.4 Å². The van der Waals surface area contributed by atoms with Gasteiger partial charge < -0.3 is 0 Å². The summed E-state index contributed by atoms with van der Waals surface area (Å²) in [5, 5.41) is 1.77. The topological polar surface area (TPSA) is 28.2 Å². The van der Waals surface area contributed by atoms with Crippen LogP contribution in [0.4, 0.5) is 5.82 Å². The van der Waals surface area contributed by atoms with Crippen molar-refractivity contribution in [2.75, 3.05) is 5.01 Å². The molecule has 1 aromatic rings. The van der Waals surface area contributed by atoms with Gasteiger partial charge in [-0.05, 0) is 19.1 Å². The Labute approximate surface area is 90.6 Å². The number of nitrogens with zero attached hydrogens (tertiary/aromatic N) is 2. The molecular formula is C7H9ClIN3. The van der Waals surface area contributed by atoms with Gasteiger partial charge in [-0.1, -0.05) is 17.7 Å². The van der Waals surface area contributed by atoms with Gasteiger partial charge in [0, 0.05) is 29.1 Å². The van der Waals surface area contributed by atoms with Crippen LogP contribution in [0.25, 0.3) is 0 Å². The predicted octanol–water partition coefficient (Wildman–Crippen LogP) is 2.33. The van der Waals surface area contributed by atoms with E-state index in [1.165, 1.54) is 0 Å². The molecule has 0 radical (unpaired) electrons. The van der Waals surface area contributed by atoms with Gasteiger partial charge in [-0.15, -0.1) is 0 Å². The highest BCUT2D eigenvalue weighted by Crippen LogP contribution is 2.13. The lowest BCUT2D eigenvalue weighted by Crippen LogP contribution is -2.36. The molecule has 1 heterocycles. The van der Waals surface area contributed by atoms with E-state index >= 15 is 0 Å². The predicted molar refractivity (Wildman–Crippen MR) is 59.2 cm³/mol. The first-order valence-corrected chi connectivity index (χ1v) is 4.98. The Kier molecular flexibility index (Phi) is 4.03. The van der Waals surface area contributed by atoms with Crippen molar-refractivity contribution >= 4 is 40.3 Å². The minimum atomic E-state index is -0.128. The maximum absolute atomic E-state index is 5.90. The summed E-state index contributed by atoms with van der Waals surface area (Å²) in [5.41, 5.74) is -0.128. The van der Waals surface area contributed by atoms with Gasteiger partial charge in [0.15, 0.2) is 0 Å². The Bertz CT molecular complexity index is 229. The number of halogens is 2. The number of hydrazine groups is 1. The zero-order valence-electron chi connectivity index (χ0n) is 6.54. The molecule has 3 nitrogen and oxygen atoms in total. The molecule has 1 N–H and O–H groups in total. The first-order valence-electron chi connectivity index (χ1n) is 3.46. The van der Waals surface area contributed by atoms with Crippen LogP contribution in [0.2, 0.25) is 0 Å². The van der Waals surface area contributed by atoms with Crippen molar-refractivity contribution in [1.29, 1.82) is 0 Å². The molecule has 5 heteroatoms. The van der Waals surface area contributed by atoms with Crippen LogP contribution < -0.4 is 8.65 Å². The quantitative estimate of drug-likeness (QED) is 0.305. The number of pyridine rings is 1. The second-order valence-electron chi connectivity index (χ2n) is 2.22. The monoisotopic (exact) mass is 297 g/mol. The second-order valence-corrected chi connectivity index (χ2v) is 3.33. The third-order valence-corrected chi connectivity index (χ3v) is 2.06. The molecule has 0 amide bonds. The second kappa shape index (κ2) is 4.84. The van der Waals surface area contributed by atoms with E-state index in [1.54, 1.807) is 11.2 Å². The molecular weight excluding hydrogens is 288 g/mol. The van der Waals surface area contributed by atoms with E-state index in [2.05, 4.69) is 8.62 Å². The smallest absolute Gasteiger partial charge is 0.144 e. The minimum Gasteiger partial charge on any atom is -0.265 e. The zero-order valence-corrected chi connectivity index (χ0v) is 9.45. The van der Waals surface area contributed by atoms with Gasteiger partial charge in [0.25, 0.3) is 0 Å².